The SMILES string of the molecule is Nc1c(-c2cc(F)cc(F)c2)nc2c(Cl)cc(Cl)cn12. The monoisotopic (exact) mass is 313 g/mol. The second-order valence-electron chi connectivity index (χ2n) is 4.20. The number of nitrogens with zero attached hydrogens (tertiary/aromatic N) is 2. The molecule has 0 saturated heterocycles. The molecule has 2 aromatic heterocycles. The number of imidazole rings is 1. The predicted molar refractivity (Wildman–Crippen MR) is 75.0 cm³/mol. The van der Waals surface area contributed by atoms with Crippen molar-refractivity contribution in [2.45, 2.75) is 0 Å². The number of hydrogen-bond acceptors (Lipinski definition) is 2. The van der Waals surface area contributed by atoms with Gasteiger partial charge in [0, 0.05) is 17.8 Å². The normalized spacial score (nSPS) is 11.2. The first-order valence-electron chi connectivity index (χ1n) is 5.55. The fourth-order valence-electron chi connectivity index (χ4n) is 1.99. The Morgan fingerprint density at radius 3 is 2.35 bits per heavy atom. The zero-order chi connectivity index (χ0) is 14.4. The van der Waals surface area contributed by atoms with Crippen LogP contribution in [-0.2, 0) is 0 Å². The summed E-state index contributed by atoms with van der Waals surface area (Å²) in [6, 6.07) is 4.59. The van der Waals surface area contributed by atoms with Gasteiger partial charge in [-0.3, -0.25) is 4.40 Å². The van der Waals surface area contributed by atoms with E-state index in [2.05, 4.69) is 4.98 Å². The highest BCUT2D eigenvalue weighted by atomic mass is 35.5. The lowest BCUT2D eigenvalue weighted by molar-refractivity contribution is 0.584. The lowest BCUT2D eigenvalue weighted by Gasteiger charge is -2.01. The van der Waals surface area contributed by atoms with Crippen LogP contribution in [0.2, 0.25) is 10.0 Å². The fourth-order valence-corrected chi connectivity index (χ4v) is 2.51. The minimum absolute atomic E-state index is 0.203. The summed E-state index contributed by atoms with van der Waals surface area (Å²) in [6.45, 7) is 0. The zero-order valence-corrected chi connectivity index (χ0v) is 11.4. The van der Waals surface area contributed by atoms with Gasteiger partial charge < -0.3 is 5.73 Å². The molecule has 0 aliphatic rings. The van der Waals surface area contributed by atoms with Crippen molar-refractivity contribution in [2.24, 2.45) is 0 Å². The minimum atomic E-state index is -0.708. The molecule has 0 aliphatic heterocycles. The molecule has 2 N–H and O–H groups in total. The maximum Gasteiger partial charge on any atom is 0.158 e. The van der Waals surface area contributed by atoms with Crippen LogP contribution < -0.4 is 5.73 Å². The van der Waals surface area contributed by atoms with Crippen LogP contribution >= 0.6 is 23.2 Å². The molecule has 0 fully saturated rings. The summed E-state index contributed by atoms with van der Waals surface area (Å²) in [5.74, 6) is -1.21. The van der Waals surface area contributed by atoms with Gasteiger partial charge in [-0.1, -0.05) is 23.2 Å². The summed E-state index contributed by atoms with van der Waals surface area (Å²) in [4.78, 5) is 4.22. The van der Waals surface area contributed by atoms with Gasteiger partial charge in [-0.05, 0) is 18.2 Å². The van der Waals surface area contributed by atoms with Crippen LogP contribution in [0.15, 0.2) is 30.5 Å². The number of rotatable bonds is 1. The van der Waals surface area contributed by atoms with Crippen LogP contribution in [-0.4, -0.2) is 9.38 Å². The van der Waals surface area contributed by atoms with Gasteiger partial charge in [-0.2, -0.15) is 0 Å². The quantitative estimate of drug-likeness (QED) is 0.732. The van der Waals surface area contributed by atoms with E-state index in [0.717, 1.165) is 18.2 Å². The molecule has 3 nitrogen and oxygen atoms in total. The molecule has 3 aromatic rings. The van der Waals surface area contributed by atoms with E-state index in [1.807, 2.05) is 0 Å². The largest absolute Gasteiger partial charge is 0.383 e. The van der Waals surface area contributed by atoms with E-state index in [1.165, 1.54) is 16.7 Å². The van der Waals surface area contributed by atoms with E-state index < -0.39 is 11.6 Å². The fraction of sp³-hybridized carbons (Fsp3) is 0. The van der Waals surface area contributed by atoms with Crippen LogP contribution in [0.1, 0.15) is 0 Å². The first-order chi connectivity index (χ1) is 9.45. The number of hydrogen-bond donors (Lipinski definition) is 1. The molecule has 7 heteroatoms. The lowest BCUT2D eigenvalue weighted by atomic mass is 10.1. The molecule has 0 aliphatic carbocycles. The van der Waals surface area contributed by atoms with Crippen molar-refractivity contribution < 1.29 is 8.78 Å². The molecule has 0 spiro atoms. The second kappa shape index (κ2) is 4.61. The molecule has 0 amide bonds. The number of halogens is 4. The molecule has 3 rings (SSSR count). The smallest absolute Gasteiger partial charge is 0.158 e. The van der Waals surface area contributed by atoms with Crippen LogP contribution in [0.3, 0.4) is 0 Å². The van der Waals surface area contributed by atoms with E-state index >= 15 is 0 Å². The van der Waals surface area contributed by atoms with Gasteiger partial charge in [0.25, 0.3) is 0 Å². The van der Waals surface area contributed by atoms with Gasteiger partial charge in [0.05, 0.1) is 10.0 Å². The number of nitrogens with two attached hydrogens (primary N) is 1. The number of benzene rings is 1. The van der Waals surface area contributed by atoms with E-state index in [9.17, 15) is 8.78 Å². The Hall–Kier alpha value is -1.85. The van der Waals surface area contributed by atoms with Gasteiger partial charge in [0.1, 0.15) is 23.1 Å². The van der Waals surface area contributed by atoms with Gasteiger partial charge >= 0.3 is 0 Å². The van der Waals surface area contributed by atoms with Crippen LogP contribution in [0.4, 0.5) is 14.6 Å². The maximum atomic E-state index is 13.3. The summed E-state index contributed by atoms with van der Waals surface area (Å²) in [5.41, 5.74) is 6.79. The molecule has 0 unspecified atom stereocenters. The second-order valence-corrected chi connectivity index (χ2v) is 5.05. The van der Waals surface area contributed by atoms with Crippen molar-refractivity contribution in [3.8, 4) is 11.3 Å². The lowest BCUT2D eigenvalue weighted by Crippen LogP contribution is -1.95. The first kappa shape index (κ1) is 13.1. The van der Waals surface area contributed by atoms with Gasteiger partial charge in [-0.25, -0.2) is 13.8 Å². The van der Waals surface area contributed by atoms with Crippen molar-refractivity contribution in [1.82, 2.24) is 9.38 Å². The summed E-state index contributed by atoms with van der Waals surface area (Å²) in [6.07, 6.45) is 1.53. The highest BCUT2D eigenvalue weighted by Gasteiger charge is 2.15. The van der Waals surface area contributed by atoms with Gasteiger partial charge in [-0.15, -0.1) is 0 Å². The third-order valence-corrected chi connectivity index (χ3v) is 3.30. The Bertz CT molecular complexity index is 810. The average molecular weight is 314 g/mol. The number of aromatic nitrogens is 2. The molecule has 0 bridgehead atoms. The van der Waals surface area contributed by atoms with E-state index in [-0.39, 0.29) is 17.1 Å². The molecular weight excluding hydrogens is 307 g/mol. The summed E-state index contributed by atoms with van der Waals surface area (Å²) in [5, 5.41) is 0.677. The molecule has 1 aromatic carbocycles. The third-order valence-electron chi connectivity index (χ3n) is 2.81. The molecular formula is C13H7Cl2F2N3. The van der Waals surface area contributed by atoms with Crippen molar-refractivity contribution in [3.05, 3.63) is 52.1 Å². The Balaban J connectivity index is 2.32. The highest BCUT2D eigenvalue weighted by Crippen LogP contribution is 2.31. The number of anilines is 1. The van der Waals surface area contributed by atoms with Crippen molar-refractivity contribution in [3.63, 3.8) is 0 Å². The van der Waals surface area contributed by atoms with Crippen LogP contribution in [0, 0.1) is 11.6 Å². The van der Waals surface area contributed by atoms with Crippen molar-refractivity contribution in [1.29, 1.82) is 0 Å². The predicted octanol–water partition coefficient (Wildman–Crippen LogP) is 4.17. The minimum Gasteiger partial charge on any atom is -0.383 e. The molecule has 0 radical (unpaired) electrons. The Labute approximate surface area is 122 Å². The first-order valence-corrected chi connectivity index (χ1v) is 6.30. The summed E-state index contributed by atoms with van der Waals surface area (Å²) in [7, 11) is 0. The Morgan fingerprint density at radius 2 is 1.70 bits per heavy atom. The number of fused-ring (bicyclic) bond motifs is 1. The van der Waals surface area contributed by atoms with Crippen molar-refractivity contribution >= 4 is 34.7 Å². The van der Waals surface area contributed by atoms with Gasteiger partial charge in [0.2, 0.25) is 0 Å². The molecule has 0 atom stereocenters. The molecule has 102 valence electrons. The summed E-state index contributed by atoms with van der Waals surface area (Å²) < 4.78 is 28.0. The molecule has 20 heavy (non-hydrogen) atoms. The Kier molecular flexibility index (Phi) is 3.03. The highest BCUT2D eigenvalue weighted by molar-refractivity contribution is 6.36. The Morgan fingerprint density at radius 1 is 1.05 bits per heavy atom. The van der Waals surface area contributed by atoms with E-state index in [1.54, 1.807) is 0 Å². The topological polar surface area (TPSA) is 43.3 Å². The van der Waals surface area contributed by atoms with E-state index in [4.69, 9.17) is 28.9 Å². The van der Waals surface area contributed by atoms with Crippen molar-refractivity contribution in [2.75, 3.05) is 5.73 Å². The van der Waals surface area contributed by atoms with E-state index in [0.29, 0.717) is 15.7 Å². The number of nitrogen functional groups attached to an aromatic ring is 1. The van der Waals surface area contributed by atoms with Crippen LogP contribution in [0.5, 0.6) is 0 Å². The maximum absolute atomic E-state index is 13.3. The molecule has 0 saturated carbocycles. The van der Waals surface area contributed by atoms with Gasteiger partial charge in [0.15, 0.2) is 5.65 Å². The standard InChI is InChI=1S/C13H7Cl2F2N3/c14-7-3-10(15)13-19-11(12(18)20(13)5-7)6-1-8(16)4-9(17)2-6/h1-5H,18H2. The average Bonchev–Trinajstić information content (AvgIpc) is 2.66. The number of pyridine rings is 1. The molecule has 2 heterocycles. The third kappa shape index (κ3) is 2.09. The summed E-state index contributed by atoms with van der Waals surface area (Å²) >= 11 is 11.9. The van der Waals surface area contributed by atoms with Crippen LogP contribution in [0.25, 0.3) is 16.9 Å². The zero-order valence-electron chi connectivity index (χ0n) is 9.87.